The van der Waals surface area contributed by atoms with Gasteiger partial charge in [0, 0.05) is 34.5 Å². The second-order valence-corrected chi connectivity index (χ2v) is 7.19. The van der Waals surface area contributed by atoms with E-state index in [-0.39, 0.29) is 6.03 Å². The third-order valence-corrected chi connectivity index (χ3v) is 5.04. The van der Waals surface area contributed by atoms with Crippen molar-refractivity contribution in [3.05, 3.63) is 72.8 Å². The number of urea groups is 1. The molecule has 0 saturated heterocycles. The summed E-state index contributed by atoms with van der Waals surface area (Å²) >= 11 is 0. The van der Waals surface area contributed by atoms with Gasteiger partial charge in [-0.2, -0.15) is 0 Å². The lowest BCUT2D eigenvalue weighted by Gasteiger charge is -2.13. The molecule has 0 spiro atoms. The van der Waals surface area contributed by atoms with Crippen LogP contribution in [0.4, 0.5) is 16.2 Å². The first-order valence-corrected chi connectivity index (χ1v) is 10.5. The molecule has 0 radical (unpaired) electrons. The average Bonchev–Trinajstić information content (AvgIpc) is 2.84. The molecule has 1 aromatic heterocycles. The highest BCUT2D eigenvalue weighted by molar-refractivity contribution is 6.01. The molecule has 4 rings (SSSR count). The predicted molar refractivity (Wildman–Crippen MR) is 131 cm³/mol. The standard InChI is InChI=1S/C26H25N3O4/c1-4-33-24-16-22(17-8-6-5-7-9-17)29-21-12-10-18(14-20(21)24)27-26(30)28-19-11-13-23(31-2)25(15-19)32-3/h5-16H,4H2,1-3H3,(H2,27,28,30). The highest BCUT2D eigenvalue weighted by Crippen LogP contribution is 2.32. The van der Waals surface area contributed by atoms with Crippen molar-refractivity contribution in [1.29, 1.82) is 0 Å². The van der Waals surface area contributed by atoms with Crippen LogP contribution in [0.25, 0.3) is 22.2 Å². The Morgan fingerprint density at radius 2 is 1.52 bits per heavy atom. The van der Waals surface area contributed by atoms with Gasteiger partial charge in [-0.1, -0.05) is 30.3 Å². The molecule has 7 heteroatoms. The number of rotatable bonds is 7. The topological polar surface area (TPSA) is 81.7 Å². The Morgan fingerprint density at radius 1 is 0.818 bits per heavy atom. The molecule has 2 amide bonds. The minimum absolute atomic E-state index is 0.381. The monoisotopic (exact) mass is 443 g/mol. The van der Waals surface area contributed by atoms with Gasteiger partial charge in [-0.3, -0.25) is 0 Å². The molecule has 0 fully saturated rings. The van der Waals surface area contributed by atoms with E-state index in [0.29, 0.717) is 35.2 Å². The van der Waals surface area contributed by atoms with Crippen LogP contribution in [0.1, 0.15) is 6.92 Å². The molecule has 0 atom stereocenters. The number of pyridine rings is 1. The van der Waals surface area contributed by atoms with Crippen molar-refractivity contribution in [2.75, 3.05) is 31.5 Å². The largest absolute Gasteiger partial charge is 0.493 e. The average molecular weight is 444 g/mol. The highest BCUT2D eigenvalue weighted by atomic mass is 16.5. The molecular formula is C26H25N3O4. The number of nitrogens with one attached hydrogen (secondary N) is 2. The van der Waals surface area contributed by atoms with Crippen molar-refractivity contribution in [2.24, 2.45) is 0 Å². The van der Waals surface area contributed by atoms with E-state index in [2.05, 4.69) is 10.6 Å². The van der Waals surface area contributed by atoms with Gasteiger partial charge in [-0.05, 0) is 37.3 Å². The first kappa shape index (κ1) is 22.0. The number of hydrogen-bond acceptors (Lipinski definition) is 5. The summed E-state index contributed by atoms with van der Waals surface area (Å²) in [6, 6.07) is 22.2. The van der Waals surface area contributed by atoms with Crippen molar-refractivity contribution in [3.63, 3.8) is 0 Å². The number of benzene rings is 3. The maximum atomic E-state index is 12.6. The fourth-order valence-electron chi connectivity index (χ4n) is 3.51. The fraction of sp³-hybridized carbons (Fsp3) is 0.154. The van der Waals surface area contributed by atoms with Crippen LogP contribution in [-0.2, 0) is 0 Å². The lowest BCUT2D eigenvalue weighted by molar-refractivity contribution is 0.262. The Bertz CT molecular complexity index is 1280. The summed E-state index contributed by atoms with van der Waals surface area (Å²) in [4.78, 5) is 17.4. The van der Waals surface area contributed by atoms with Crippen molar-refractivity contribution in [2.45, 2.75) is 6.92 Å². The lowest BCUT2D eigenvalue weighted by Crippen LogP contribution is -2.19. The Balaban J connectivity index is 1.58. The molecule has 0 aliphatic heterocycles. The smallest absolute Gasteiger partial charge is 0.323 e. The van der Waals surface area contributed by atoms with Gasteiger partial charge in [0.1, 0.15) is 5.75 Å². The number of fused-ring (bicyclic) bond motifs is 1. The van der Waals surface area contributed by atoms with Crippen molar-refractivity contribution in [1.82, 2.24) is 4.98 Å². The van der Waals surface area contributed by atoms with E-state index in [1.807, 2.05) is 61.5 Å². The maximum Gasteiger partial charge on any atom is 0.323 e. The Labute approximate surface area is 192 Å². The lowest BCUT2D eigenvalue weighted by atomic mass is 10.1. The number of nitrogens with zero attached hydrogens (tertiary/aromatic N) is 1. The van der Waals surface area contributed by atoms with Crippen molar-refractivity contribution < 1.29 is 19.0 Å². The SMILES string of the molecule is CCOc1cc(-c2ccccc2)nc2ccc(NC(=O)Nc3ccc(OC)c(OC)c3)cc12. The third kappa shape index (κ3) is 4.98. The van der Waals surface area contributed by atoms with Gasteiger partial charge in [0.15, 0.2) is 11.5 Å². The zero-order valence-corrected chi connectivity index (χ0v) is 18.7. The normalized spacial score (nSPS) is 10.5. The quantitative estimate of drug-likeness (QED) is 0.368. The van der Waals surface area contributed by atoms with E-state index in [1.54, 1.807) is 32.4 Å². The number of methoxy groups -OCH3 is 2. The first-order valence-electron chi connectivity index (χ1n) is 10.5. The fourth-order valence-corrected chi connectivity index (χ4v) is 3.51. The predicted octanol–water partition coefficient (Wildman–Crippen LogP) is 5.96. The Morgan fingerprint density at radius 3 is 2.21 bits per heavy atom. The molecule has 3 aromatic carbocycles. The van der Waals surface area contributed by atoms with Crippen LogP contribution in [0, 0.1) is 0 Å². The van der Waals surface area contributed by atoms with Gasteiger partial charge in [-0.15, -0.1) is 0 Å². The van der Waals surface area contributed by atoms with Gasteiger partial charge in [0.25, 0.3) is 0 Å². The van der Waals surface area contributed by atoms with E-state index < -0.39 is 0 Å². The van der Waals surface area contributed by atoms with Crippen LogP contribution < -0.4 is 24.8 Å². The third-order valence-electron chi connectivity index (χ3n) is 5.04. The zero-order valence-electron chi connectivity index (χ0n) is 18.7. The number of amides is 2. The first-order chi connectivity index (χ1) is 16.1. The summed E-state index contributed by atoms with van der Waals surface area (Å²) in [5, 5.41) is 6.48. The molecular weight excluding hydrogens is 418 g/mol. The maximum absolute atomic E-state index is 12.6. The van der Waals surface area contributed by atoms with E-state index >= 15 is 0 Å². The molecule has 7 nitrogen and oxygen atoms in total. The second kappa shape index (κ2) is 9.91. The minimum Gasteiger partial charge on any atom is -0.493 e. The van der Waals surface area contributed by atoms with Crippen LogP contribution in [0.15, 0.2) is 72.8 Å². The van der Waals surface area contributed by atoms with E-state index in [9.17, 15) is 4.79 Å². The molecule has 4 aromatic rings. The van der Waals surface area contributed by atoms with Crippen LogP contribution in [0.3, 0.4) is 0 Å². The molecule has 33 heavy (non-hydrogen) atoms. The number of anilines is 2. The molecule has 0 aliphatic carbocycles. The zero-order chi connectivity index (χ0) is 23.2. The van der Waals surface area contributed by atoms with Gasteiger partial charge >= 0.3 is 6.03 Å². The molecule has 0 saturated carbocycles. The van der Waals surface area contributed by atoms with E-state index in [0.717, 1.165) is 22.2 Å². The van der Waals surface area contributed by atoms with Crippen LogP contribution in [-0.4, -0.2) is 31.8 Å². The van der Waals surface area contributed by atoms with Gasteiger partial charge in [0.05, 0.1) is 32.0 Å². The van der Waals surface area contributed by atoms with E-state index in [4.69, 9.17) is 19.2 Å². The van der Waals surface area contributed by atoms with Crippen molar-refractivity contribution >= 4 is 28.3 Å². The molecule has 168 valence electrons. The van der Waals surface area contributed by atoms with Gasteiger partial charge in [0.2, 0.25) is 0 Å². The number of aromatic nitrogens is 1. The number of carbonyl (C=O) groups excluding carboxylic acids is 1. The molecule has 2 N–H and O–H groups in total. The summed E-state index contributed by atoms with van der Waals surface area (Å²) in [7, 11) is 3.11. The number of carbonyl (C=O) groups is 1. The summed E-state index contributed by atoms with van der Waals surface area (Å²) in [5.74, 6) is 1.83. The van der Waals surface area contributed by atoms with Gasteiger partial charge in [-0.25, -0.2) is 9.78 Å². The minimum atomic E-state index is -0.381. The number of ether oxygens (including phenoxy) is 3. The van der Waals surface area contributed by atoms with Crippen LogP contribution >= 0.6 is 0 Å². The van der Waals surface area contributed by atoms with Crippen LogP contribution in [0.2, 0.25) is 0 Å². The molecule has 0 bridgehead atoms. The number of hydrogen-bond donors (Lipinski definition) is 2. The molecule has 0 unspecified atom stereocenters. The van der Waals surface area contributed by atoms with Gasteiger partial charge < -0.3 is 24.8 Å². The summed E-state index contributed by atoms with van der Waals surface area (Å²) in [6.45, 7) is 2.46. The van der Waals surface area contributed by atoms with Crippen molar-refractivity contribution in [3.8, 4) is 28.5 Å². The summed E-state index contributed by atoms with van der Waals surface area (Å²) in [6.07, 6.45) is 0. The summed E-state index contributed by atoms with van der Waals surface area (Å²) < 4.78 is 16.4. The Kier molecular flexibility index (Phi) is 6.59. The summed E-state index contributed by atoms with van der Waals surface area (Å²) in [5.41, 5.74) is 3.83. The second-order valence-electron chi connectivity index (χ2n) is 7.19. The molecule has 1 heterocycles. The van der Waals surface area contributed by atoms with Crippen LogP contribution in [0.5, 0.6) is 17.2 Å². The Hall–Kier alpha value is -4.26. The van der Waals surface area contributed by atoms with E-state index in [1.165, 1.54) is 0 Å². The molecule has 0 aliphatic rings. The highest BCUT2D eigenvalue weighted by Gasteiger charge is 2.12.